The van der Waals surface area contributed by atoms with Crippen molar-refractivity contribution >= 4 is 25.5 Å². The van der Waals surface area contributed by atoms with Gasteiger partial charge in [0.05, 0.1) is 10.4 Å². The minimum atomic E-state index is -1.91. The van der Waals surface area contributed by atoms with Gasteiger partial charge in [-0.25, -0.2) is 9.18 Å². The third-order valence-electron chi connectivity index (χ3n) is 6.97. The van der Waals surface area contributed by atoms with Gasteiger partial charge in [0, 0.05) is 30.6 Å². The van der Waals surface area contributed by atoms with E-state index in [1.165, 1.54) is 11.3 Å². The highest BCUT2D eigenvalue weighted by Crippen LogP contribution is 2.41. The molecule has 1 aliphatic rings. The molecule has 0 aliphatic heterocycles. The molecule has 0 bridgehead atoms. The number of halogens is 1. The Bertz CT molecular complexity index is 869. The zero-order valence-electron chi connectivity index (χ0n) is 22.8. The molecule has 0 saturated heterocycles. The summed E-state index contributed by atoms with van der Waals surface area (Å²) in [6, 6.07) is 0.380. The Morgan fingerprint density at radius 1 is 1.18 bits per heavy atom. The molecule has 2 rings (SSSR count). The second-order valence-electron chi connectivity index (χ2n) is 11.5. The second-order valence-corrected chi connectivity index (χ2v) is 18.0. The quantitative estimate of drug-likeness (QED) is 0.277. The van der Waals surface area contributed by atoms with Crippen molar-refractivity contribution < 1.29 is 13.9 Å². The van der Waals surface area contributed by atoms with Crippen molar-refractivity contribution in [2.75, 3.05) is 13.1 Å². The summed E-state index contributed by atoms with van der Waals surface area (Å²) in [6.45, 7) is 22.4. The predicted molar refractivity (Wildman–Crippen MR) is 145 cm³/mol. The molecule has 0 radical (unpaired) electrons. The normalized spacial score (nSPS) is 15.6. The van der Waals surface area contributed by atoms with E-state index in [-0.39, 0.29) is 11.9 Å². The topological polar surface area (TPSA) is 41.6 Å². The molecule has 1 fully saturated rings. The van der Waals surface area contributed by atoms with Gasteiger partial charge in [-0.3, -0.25) is 4.90 Å². The van der Waals surface area contributed by atoms with E-state index in [2.05, 4.69) is 70.1 Å². The van der Waals surface area contributed by atoms with Crippen LogP contribution >= 0.6 is 11.3 Å². The summed E-state index contributed by atoms with van der Waals surface area (Å²) < 4.78 is 20.9. The summed E-state index contributed by atoms with van der Waals surface area (Å²) in [6.07, 6.45) is 1.81. The van der Waals surface area contributed by atoms with Crippen LogP contribution in [0, 0.1) is 17.3 Å². The third kappa shape index (κ3) is 7.08. The van der Waals surface area contributed by atoms with Crippen LogP contribution in [0.3, 0.4) is 0 Å². The number of nitrogens with one attached hydrogen (secondary N) is 1. The van der Waals surface area contributed by atoms with Crippen LogP contribution in [0.4, 0.5) is 9.18 Å². The summed E-state index contributed by atoms with van der Waals surface area (Å²) in [5.74, 6) is 3.12. The first-order valence-electron chi connectivity index (χ1n) is 12.7. The summed E-state index contributed by atoms with van der Waals surface area (Å²) in [7, 11) is -1.91. The summed E-state index contributed by atoms with van der Waals surface area (Å²) >= 11 is 1.47. The van der Waals surface area contributed by atoms with Gasteiger partial charge >= 0.3 is 6.09 Å². The number of nitrogens with zero attached hydrogens (tertiary/aromatic N) is 1. The number of carbonyl (C=O) groups is 1. The molecule has 34 heavy (non-hydrogen) atoms. The molecule has 4 nitrogen and oxygen atoms in total. The first-order valence-corrected chi connectivity index (χ1v) is 15.8. The highest BCUT2D eigenvalue weighted by atomic mass is 32.1. The zero-order chi connectivity index (χ0) is 25.8. The van der Waals surface area contributed by atoms with Crippen molar-refractivity contribution in [2.45, 2.75) is 116 Å². The number of hydrogen-bond acceptors (Lipinski definition) is 4. The highest BCUT2D eigenvalue weighted by molar-refractivity contribution is 7.10. The number of rotatable bonds is 9. The molecule has 1 atom stereocenters. The fourth-order valence-electron chi connectivity index (χ4n) is 5.18. The average molecular weight is 509 g/mol. The second kappa shape index (κ2) is 11.6. The van der Waals surface area contributed by atoms with E-state index in [0.717, 1.165) is 17.7 Å². The van der Waals surface area contributed by atoms with Gasteiger partial charge in [0.1, 0.15) is 13.7 Å². The van der Waals surface area contributed by atoms with Gasteiger partial charge in [0.25, 0.3) is 0 Å². The average Bonchev–Trinajstić information content (AvgIpc) is 3.46. The van der Waals surface area contributed by atoms with Gasteiger partial charge in [0.15, 0.2) is 5.82 Å². The fourth-order valence-corrected chi connectivity index (χ4v) is 11.4. The summed E-state index contributed by atoms with van der Waals surface area (Å²) in [4.78, 5) is 15.0. The Balaban J connectivity index is 2.17. The molecule has 1 aromatic rings. The number of amides is 1. The molecule has 1 N–H and O–H groups in total. The number of carbonyl (C=O) groups excluding carboxylic acids is 1. The maximum atomic E-state index is 15.5. The van der Waals surface area contributed by atoms with Gasteiger partial charge in [-0.2, -0.15) is 0 Å². The van der Waals surface area contributed by atoms with Crippen molar-refractivity contribution in [1.82, 2.24) is 10.2 Å². The lowest BCUT2D eigenvalue weighted by atomic mass is 10.2. The first-order chi connectivity index (χ1) is 15.7. The molecule has 0 spiro atoms. The van der Waals surface area contributed by atoms with E-state index in [9.17, 15) is 4.79 Å². The van der Waals surface area contributed by atoms with Crippen LogP contribution in [0.5, 0.6) is 0 Å². The van der Waals surface area contributed by atoms with Gasteiger partial charge in [-0.15, -0.1) is 16.9 Å². The molecule has 192 valence electrons. The lowest BCUT2D eigenvalue weighted by Gasteiger charge is -2.38. The van der Waals surface area contributed by atoms with Crippen molar-refractivity contribution in [2.24, 2.45) is 0 Å². The smallest absolute Gasteiger partial charge is 0.407 e. The molecule has 1 amide bonds. The Hall–Kier alpha value is -1.36. The van der Waals surface area contributed by atoms with Crippen molar-refractivity contribution in [1.29, 1.82) is 0 Å². The Kier molecular flexibility index (Phi) is 9.83. The van der Waals surface area contributed by atoms with Gasteiger partial charge in [-0.05, 0) is 57.2 Å². The predicted octanol–water partition coefficient (Wildman–Crippen LogP) is 7.51. The van der Waals surface area contributed by atoms with Gasteiger partial charge in [-0.1, -0.05) is 47.5 Å². The molecule has 1 saturated carbocycles. The first kappa shape index (κ1) is 28.9. The van der Waals surface area contributed by atoms with Crippen molar-refractivity contribution in [3.8, 4) is 11.5 Å². The van der Waals surface area contributed by atoms with Crippen molar-refractivity contribution in [3.63, 3.8) is 0 Å². The van der Waals surface area contributed by atoms with E-state index in [0.29, 0.717) is 41.3 Å². The van der Waals surface area contributed by atoms with Crippen LogP contribution in [0.2, 0.25) is 16.6 Å². The lowest BCUT2D eigenvalue weighted by molar-refractivity contribution is 0.0517. The molecular formula is C27H45FN2O2SSi. The minimum absolute atomic E-state index is 0.0595. The number of alkyl carbamates (subject to hydrolysis) is 1. The molecule has 1 heterocycles. The minimum Gasteiger partial charge on any atom is -0.444 e. The Morgan fingerprint density at radius 2 is 1.74 bits per heavy atom. The lowest BCUT2D eigenvalue weighted by Crippen LogP contribution is -2.43. The van der Waals surface area contributed by atoms with E-state index in [1.54, 1.807) is 0 Å². The van der Waals surface area contributed by atoms with E-state index in [1.807, 2.05) is 26.2 Å². The standard InChI is InChI=1S/C27H45FN2O2SSi/c1-18(2)34(19(3)4,20(5)6)16-13-22-17-33-25(24(22)28)21(7)30(23-11-12-23)15-14-29-26(31)32-27(8,9)10/h17-21,23H,11-12,14-15H2,1-10H3,(H,29,31). The van der Waals surface area contributed by atoms with Crippen LogP contribution in [0.1, 0.15) is 98.6 Å². The van der Waals surface area contributed by atoms with Crippen LogP contribution < -0.4 is 5.32 Å². The Labute approximate surface area is 212 Å². The van der Waals surface area contributed by atoms with Crippen LogP contribution in [0.15, 0.2) is 5.38 Å². The number of thiophene rings is 1. The maximum absolute atomic E-state index is 15.5. The molecular weight excluding hydrogens is 463 g/mol. The van der Waals surface area contributed by atoms with Crippen molar-refractivity contribution in [3.05, 3.63) is 21.6 Å². The molecule has 1 unspecified atom stereocenters. The molecule has 1 aliphatic carbocycles. The van der Waals surface area contributed by atoms with Gasteiger partial charge < -0.3 is 10.1 Å². The fraction of sp³-hybridized carbons (Fsp3) is 0.741. The molecule has 1 aromatic heterocycles. The van der Waals surface area contributed by atoms with Gasteiger partial charge in [0.2, 0.25) is 0 Å². The highest BCUT2D eigenvalue weighted by Gasteiger charge is 2.42. The summed E-state index contributed by atoms with van der Waals surface area (Å²) in [5, 5.41) is 4.72. The number of ether oxygens (including phenoxy) is 1. The summed E-state index contributed by atoms with van der Waals surface area (Å²) in [5.41, 5.74) is 5.21. The third-order valence-corrected chi connectivity index (χ3v) is 14.4. The van der Waals surface area contributed by atoms with E-state index < -0.39 is 19.8 Å². The van der Waals surface area contributed by atoms with E-state index >= 15 is 4.39 Å². The SMILES string of the molecule is CC(c1scc(C#C[Si](C(C)C)(C(C)C)C(C)C)c1F)N(CCNC(=O)OC(C)(C)C)C1CC1. The Morgan fingerprint density at radius 3 is 2.21 bits per heavy atom. The van der Waals surface area contributed by atoms with Crippen LogP contribution in [-0.4, -0.2) is 43.8 Å². The largest absolute Gasteiger partial charge is 0.444 e. The zero-order valence-corrected chi connectivity index (χ0v) is 24.7. The molecule has 7 heteroatoms. The van der Waals surface area contributed by atoms with E-state index in [4.69, 9.17) is 4.74 Å². The molecule has 0 aromatic carbocycles. The maximum Gasteiger partial charge on any atom is 0.407 e. The monoisotopic (exact) mass is 508 g/mol. The van der Waals surface area contributed by atoms with Crippen LogP contribution in [-0.2, 0) is 4.74 Å². The van der Waals surface area contributed by atoms with Crippen LogP contribution in [0.25, 0.3) is 0 Å². The number of hydrogen-bond donors (Lipinski definition) is 1.